The summed E-state index contributed by atoms with van der Waals surface area (Å²) in [6.07, 6.45) is 8.70. The Hall–Kier alpha value is -5.38. The van der Waals surface area contributed by atoms with E-state index >= 15 is 0 Å². The predicted octanol–water partition coefficient (Wildman–Crippen LogP) is 8.69. The second-order valence-corrected chi connectivity index (χ2v) is 14.6. The van der Waals surface area contributed by atoms with Crippen LogP contribution in [0.25, 0.3) is 16.8 Å². The Labute approximate surface area is 318 Å². The third kappa shape index (κ3) is 7.93. The molecule has 1 saturated carbocycles. The monoisotopic (exact) mass is 722 g/mol. The highest BCUT2D eigenvalue weighted by Crippen LogP contribution is 2.40. The van der Waals surface area contributed by atoms with Crippen LogP contribution in [0.3, 0.4) is 0 Å². The summed E-state index contributed by atoms with van der Waals surface area (Å²) in [6.45, 7) is 5.95. The van der Waals surface area contributed by atoms with Gasteiger partial charge in [0.05, 0.1) is 14.2 Å². The van der Waals surface area contributed by atoms with Crippen molar-refractivity contribution >= 4 is 11.3 Å². The van der Waals surface area contributed by atoms with Crippen LogP contribution in [0.2, 0.25) is 0 Å². The Morgan fingerprint density at radius 3 is 1.83 bits per heavy atom. The molecule has 9 heteroatoms. The number of piperazine rings is 1. The van der Waals surface area contributed by atoms with Crippen LogP contribution in [0.1, 0.15) is 48.6 Å². The van der Waals surface area contributed by atoms with Crippen molar-refractivity contribution in [3.05, 3.63) is 132 Å². The van der Waals surface area contributed by atoms with Crippen molar-refractivity contribution in [2.24, 2.45) is 0 Å². The molecule has 2 aromatic heterocycles. The SMILES string of the molecule is COc1ccc(CN(Cc2ccc(OC)cc2)c2nccn3c(C4CCC(N5CCN(C)CC5)CC4)nc(-c4ccc(Oc5ccccc5)cc4)c23)cc1. The maximum absolute atomic E-state index is 6.18. The normalized spacial score (nSPS) is 18.1. The molecule has 1 saturated heterocycles. The number of fused-ring (bicyclic) bond motifs is 1. The lowest BCUT2D eigenvalue weighted by atomic mass is 9.84. The number of hydrogen-bond acceptors (Lipinski definition) is 8. The Morgan fingerprint density at radius 2 is 1.24 bits per heavy atom. The molecular weight excluding hydrogens is 673 g/mol. The minimum Gasteiger partial charge on any atom is -0.497 e. The van der Waals surface area contributed by atoms with Gasteiger partial charge in [-0.05, 0) is 105 Å². The highest BCUT2D eigenvalue weighted by atomic mass is 16.5. The summed E-state index contributed by atoms with van der Waals surface area (Å²) in [5, 5.41) is 0. The van der Waals surface area contributed by atoms with E-state index in [4.69, 9.17) is 24.2 Å². The van der Waals surface area contributed by atoms with Gasteiger partial charge in [0.25, 0.3) is 0 Å². The van der Waals surface area contributed by atoms with Crippen molar-refractivity contribution in [3.63, 3.8) is 0 Å². The first-order valence-electron chi connectivity index (χ1n) is 19.2. The van der Waals surface area contributed by atoms with Crippen LogP contribution >= 0.6 is 0 Å². The van der Waals surface area contributed by atoms with Gasteiger partial charge in [0, 0.05) is 69.2 Å². The molecule has 0 amide bonds. The zero-order chi connectivity index (χ0) is 36.9. The second kappa shape index (κ2) is 16.3. The number of anilines is 1. The fourth-order valence-corrected chi connectivity index (χ4v) is 8.07. The molecule has 278 valence electrons. The molecule has 0 unspecified atom stereocenters. The Bertz CT molecular complexity index is 2050. The highest BCUT2D eigenvalue weighted by molar-refractivity contribution is 5.87. The summed E-state index contributed by atoms with van der Waals surface area (Å²) in [5.74, 6) is 5.66. The minimum atomic E-state index is 0.363. The molecule has 0 radical (unpaired) electrons. The number of imidazole rings is 1. The van der Waals surface area contributed by atoms with Gasteiger partial charge in [0.15, 0.2) is 5.82 Å². The van der Waals surface area contributed by atoms with Crippen LogP contribution in [0.4, 0.5) is 5.82 Å². The van der Waals surface area contributed by atoms with E-state index in [1.54, 1.807) is 14.2 Å². The molecule has 0 atom stereocenters. The lowest BCUT2D eigenvalue weighted by molar-refractivity contribution is 0.0872. The number of nitrogens with zero attached hydrogens (tertiary/aromatic N) is 6. The number of likely N-dealkylation sites (N-methyl/N-ethyl adjacent to an activating group) is 1. The maximum atomic E-state index is 6.18. The van der Waals surface area contributed by atoms with Crippen LogP contribution in [0.15, 0.2) is 116 Å². The van der Waals surface area contributed by atoms with Crippen LogP contribution in [0, 0.1) is 0 Å². The maximum Gasteiger partial charge on any atom is 0.155 e. The first-order chi connectivity index (χ1) is 26.5. The van der Waals surface area contributed by atoms with Crippen LogP contribution in [-0.2, 0) is 13.1 Å². The second-order valence-electron chi connectivity index (χ2n) is 14.6. The molecule has 2 fully saturated rings. The molecule has 1 aliphatic heterocycles. The molecule has 9 nitrogen and oxygen atoms in total. The third-order valence-corrected chi connectivity index (χ3v) is 11.2. The standard InChI is InChI=1S/C45H50N6O3/c1-48-27-29-49(30-28-48)37-17-13-36(14-18-37)44-47-42(35-15-23-41(24-16-35)54-40-7-5-4-6-8-40)43-45(46-25-26-51(43)44)50(31-33-9-19-38(52-2)20-10-33)32-34-11-21-39(53-3)22-12-34/h4-12,15-16,19-26,36-37H,13-14,17-18,27-32H2,1-3H3. The molecule has 0 bridgehead atoms. The topological polar surface area (TPSA) is 67.6 Å². The zero-order valence-corrected chi connectivity index (χ0v) is 31.6. The smallest absolute Gasteiger partial charge is 0.155 e. The van der Waals surface area contributed by atoms with E-state index in [9.17, 15) is 0 Å². The summed E-state index contributed by atoms with van der Waals surface area (Å²) in [4.78, 5) is 18.2. The summed E-state index contributed by atoms with van der Waals surface area (Å²) in [7, 11) is 5.64. The molecule has 8 rings (SSSR count). The van der Waals surface area contributed by atoms with Gasteiger partial charge in [-0.25, -0.2) is 9.97 Å². The van der Waals surface area contributed by atoms with E-state index in [1.807, 2.05) is 72.9 Å². The summed E-state index contributed by atoms with van der Waals surface area (Å²) in [6, 6.07) is 35.5. The van der Waals surface area contributed by atoms with Gasteiger partial charge < -0.3 is 24.0 Å². The molecule has 6 aromatic rings. The van der Waals surface area contributed by atoms with Gasteiger partial charge in [0.2, 0.25) is 0 Å². The number of hydrogen-bond donors (Lipinski definition) is 0. The van der Waals surface area contributed by atoms with Crippen LogP contribution < -0.4 is 19.1 Å². The van der Waals surface area contributed by atoms with E-state index in [0.717, 1.165) is 77.3 Å². The highest BCUT2D eigenvalue weighted by Gasteiger charge is 2.32. The van der Waals surface area contributed by atoms with Crippen molar-refractivity contribution in [1.29, 1.82) is 0 Å². The van der Waals surface area contributed by atoms with E-state index in [2.05, 4.69) is 68.7 Å². The minimum absolute atomic E-state index is 0.363. The van der Waals surface area contributed by atoms with Gasteiger partial charge in [-0.3, -0.25) is 9.30 Å². The van der Waals surface area contributed by atoms with E-state index in [1.165, 1.54) is 37.1 Å². The number of methoxy groups -OCH3 is 2. The summed E-state index contributed by atoms with van der Waals surface area (Å²) < 4.78 is 19.5. The third-order valence-electron chi connectivity index (χ3n) is 11.2. The molecular formula is C45H50N6O3. The summed E-state index contributed by atoms with van der Waals surface area (Å²) in [5.41, 5.74) is 5.33. The number of ether oxygens (including phenoxy) is 3. The quantitative estimate of drug-likeness (QED) is 0.124. The van der Waals surface area contributed by atoms with E-state index in [-0.39, 0.29) is 0 Å². The van der Waals surface area contributed by atoms with Gasteiger partial charge in [0.1, 0.15) is 40.0 Å². The largest absolute Gasteiger partial charge is 0.497 e. The predicted molar refractivity (Wildman–Crippen MR) is 215 cm³/mol. The Morgan fingerprint density at radius 1 is 0.667 bits per heavy atom. The first-order valence-corrected chi connectivity index (χ1v) is 19.2. The molecule has 0 spiro atoms. The van der Waals surface area contributed by atoms with Crippen LogP contribution in [-0.4, -0.2) is 77.7 Å². The zero-order valence-electron chi connectivity index (χ0n) is 31.6. The number of aromatic nitrogens is 3. The summed E-state index contributed by atoms with van der Waals surface area (Å²) >= 11 is 0. The molecule has 54 heavy (non-hydrogen) atoms. The van der Waals surface area contributed by atoms with Gasteiger partial charge >= 0.3 is 0 Å². The molecule has 1 aliphatic carbocycles. The Kier molecular flexibility index (Phi) is 10.8. The van der Waals surface area contributed by atoms with Crippen molar-refractivity contribution in [1.82, 2.24) is 24.2 Å². The van der Waals surface area contributed by atoms with Crippen molar-refractivity contribution in [2.45, 2.75) is 50.7 Å². The molecule has 0 N–H and O–H groups in total. The molecule has 3 heterocycles. The van der Waals surface area contributed by atoms with E-state index in [0.29, 0.717) is 25.0 Å². The van der Waals surface area contributed by atoms with E-state index < -0.39 is 0 Å². The average Bonchev–Trinajstić information content (AvgIpc) is 3.62. The number of benzene rings is 4. The fraction of sp³-hybridized carbons (Fsp3) is 0.333. The number of para-hydroxylation sites is 1. The van der Waals surface area contributed by atoms with Gasteiger partial charge in [-0.1, -0.05) is 42.5 Å². The van der Waals surface area contributed by atoms with Crippen molar-refractivity contribution in [2.75, 3.05) is 52.3 Å². The lowest BCUT2D eigenvalue weighted by Gasteiger charge is -2.41. The van der Waals surface area contributed by atoms with Crippen molar-refractivity contribution in [3.8, 4) is 34.3 Å². The number of rotatable bonds is 12. The lowest BCUT2D eigenvalue weighted by Crippen LogP contribution is -2.49. The van der Waals surface area contributed by atoms with Gasteiger partial charge in [-0.2, -0.15) is 0 Å². The average molecular weight is 723 g/mol. The molecule has 4 aromatic carbocycles. The van der Waals surface area contributed by atoms with Gasteiger partial charge in [-0.15, -0.1) is 0 Å². The Balaban J connectivity index is 1.18. The first kappa shape index (κ1) is 35.6. The van der Waals surface area contributed by atoms with Crippen LogP contribution in [0.5, 0.6) is 23.0 Å². The fourth-order valence-electron chi connectivity index (χ4n) is 8.07. The van der Waals surface area contributed by atoms with Crippen molar-refractivity contribution < 1.29 is 14.2 Å². The molecule has 2 aliphatic rings.